The number of hydrogen-bond acceptors (Lipinski definition) is 3. The fraction of sp³-hybridized carbons (Fsp3) is 0.536. The molecule has 3 heterocycles. The third-order valence-corrected chi connectivity index (χ3v) is 7.34. The molecule has 1 fully saturated rings. The largest absolute Gasteiger partial charge is 0.414 e. The average Bonchev–Trinajstić information content (AvgIpc) is 3.60. The summed E-state index contributed by atoms with van der Waals surface area (Å²) in [5.41, 5.74) is 5.36. The summed E-state index contributed by atoms with van der Waals surface area (Å²) in [6.45, 7) is 6.28. The van der Waals surface area contributed by atoms with Crippen LogP contribution < -0.4 is 4.84 Å². The molecule has 0 amide bonds. The van der Waals surface area contributed by atoms with Gasteiger partial charge >= 0.3 is 0 Å². The van der Waals surface area contributed by atoms with Gasteiger partial charge < -0.3 is 4.84 Å². The van der Waals surface area contributed by atoms with Crippen molar-refractivity contribution >= 4 is 16.5 Å². The minimum atomic E-state index is 0.646. The molecule has 1 aliphatic heterocycles. The first-order chi connectivity index (χ1) is 16.3. The standard InChI is InChI=1S/C28H38N4O/c1-2-3-19-33-32-22-27(26-12-6-7-13-28(26)32)24-14-17-30(18-15-24)16-8-9-23-20-29-31(21-23)25-10-4-5-11-25/h6-7,12-14,20-22,25H,2-5,8-11,15-19H2,1H3. The Kier molecular flexibility index (Phi) is 7.15. The number of aromatic nitrogens is 3. The molecule has 0 saturated heterocycles. The smallest absolute Gasteiger partial charge is 0.115 e. The van der Waals surface area contributed by atoms with Gasteiger partial charge in [-0.1, -0.05) is 50.5 Å². The number of aryl methyl sites for hydroxylation is 1. The summed E-state index contributed by atoms with van der Waals surface area (Å²) in [4.78, 5) is 8.64. The number of benzene rings is 1. The van der Waals surface area contributed by atoms with Crippen molar-refractivity contribution in [3.63, 3.8) is 0 Å². The number of rotatable bonds is 10. The second-order valence-electron chi connectivity index (χ2n) is 9.72. The van der Waals surface area contributed by atoms with E-state index in [4.69, 9.17) is 4.84 Å². The lowest BCUT2D eigenvalue weighted by Crippen LogP contribution is -2.29. The summed E-state index contributed by atoms with van der Waals surface area (Å²) in [7, 11) is 0. The first kappa shape index (κ1) is 22.3. The van der Waals surface area contributed by atoms with Crippen molar-refractivity contribution in [3.8, 4) is 0 Å². The molecule has 1 saturated carbocycles. The summed E-state index contributed by atoms with van der Waals surface area (Å²) in [5, 5.41) is 5.94. The van der Waals surface area contributed by atoms with Crippen LogP contribution in [0, 0.1) is 0 Å². The van der Waals surface area contributed by atoms with Crippen LogP contribution in [0.2, 0.25) is 0 Å². The lowest BCUT2D eigenvalue weighted by molar-refractivity contribution is 0.117. The Morgan fingerprint density at radius 3 is 2.79 bits per heavy atom. The highest BCUT2D eigenvalue weighted by Gasteiger charge is 2.19. The number of nitrogens with zero attached hydrogens (tertiary/aromatic N) is 4. The van der Waals surface area contributed by atoms with Gasteiger partial charge in [-0.05, 0) is 62.3 Å². The molecule has 176 valence electrons. The molecular weight excluding hydrogens is 408 g/mol. The molecule has 0 unspecified atom stereocenters. The van der Waals surface area contributed by atoms with Crippen LogP contribution in [0.15, 0.2) is 48.9 Å². The maximum atomic E-state index is 6.05. The Labute approximate surface area is 198 Å². The van der Waals surface area contributed by atoms with Crippen LogP contribution in [-0.2, 0) is 6.42 Å². The molecule has 5 heteroatoms. The molecule has 0 bridgehead atoms. The summed E-state index contributed by atoms with van der Waals surface area (Å²) in [5.74, 6) is 0. The van der Waals surface area contributed by atoms with Gasteiger partial charge in [0.05, 0.1) is 24.0 Å². The fourth-order valence-corrected chi connectivity index (χ4v) is 5.36. The number of para-hydroxylation sites is 1. The third-order valence-electron chi connectivity index (χ3n) is 7.34. The molecule has 1 aromatic carbocycles. The topological polar surface area (TPSA) is 35.2 Å². The molecule has 0 N–H and O–H groups in total. The minimum Gasteiger partial charge on any atom is -0.414 e. The van der Waals surface area contributed by atoms with Gasteiger partial charge in [0.1, 0.15) is 6.61 Å². The summed E-state index contributed by atoms with van der Waals surface area (Å²) in [6, 6.07) is 9.26. The van der Waals surface area contributed by atoms with E-state index in [1.165, 1.54) is 59.7 Å². The molecule has 5 nitrogen and oxygen atoms in total. The molecule has 5 rings (SSSR count). The van der Waals surface area contributed by atoms with Crippen molar-refractivity contribution in [1.82, 2.24) is 19.4 Å². The van der Waals surface area contributed by atoms with Crippen molar-refractivity contribution in [2.75, 3.05) is 26.2 Å². The fourth-order valence-electron chi connectivity index (χ4n) is 5.36. The van der Waals surface area contributed by atoms with Crippen LogP contribution in [0.3, 0.4) is 0 Å². The normalized spacial score (nSPS) is 17.7. The SMILES string of the molecule is CCCCOn1cc(C2=CCN(CCCc3cnn(C4CCCC4)c3)CC2)c2ccccc21. The zero-order valence-corrected chi connectivity index (χ0v) is 20.1. The zero-order chi connectivity index (χ0) is 22.5. The lowest BCUT2D eigenvalue weighted by atomic mass is 9.99. The number of unbranched alkanes of at least 4 members (excludes halogenated alkanes) is 1. The Morgan fingerprint density at radius 2 is 1.97 bits per heavy atom. The second-order valence-corrected chi connectivity index (χ2v) is 9.72. The van der Waals surface area contributed by atoms with E-state index >= 15 is 0 Å². The Balaban J connectivity index is 1.16. The van der Waals surface area contributed by atoms with Gasteiger partial charge in [-0.2, -0.15) is 9.83 Å². The van der Waals surface area contributed by atoms with Crippen LogP contribution in [0.5, 0.6) is 0 Å². The molecule has 0 atom stereocenters. The van der Waals surface area contributed by atoms with E-state index in [-0.39, 0.29) is 0 Å². The summed E-state index contributed by atoms with van der Waals surface area (Å²) >= 11 is 0. The highest BCUT2D eigenvalue weighted by atomic mass is 16.7. The Bertz CT molecular complexity index is 1070. The Hall–Kier alpha value is -2.53. The van der Waals surface area contributed by atoms with Gasteiger partial charge in [-0.15, -0.1) is 0 Å². The molecule has 2 aliphatic rings. The first-order valence-corrected chi connectivity index (χ1v) is 13.0. The molecule has 0 spiro atoms. The quantitative estimate of drug-likeness (QED) is 0.364. The van der Waals surface area contributed by atoms with E-state index in [0.29, 0.717) is 6.04 Å². The minimum absolute atomic E-state index is 0.646. The highest BCUT2D eigenvalue weighted by Crippen LogP contribution is 2.31. The van der Waals surface area contributed by atoms with Gasteiger partial charge in [-0.25, -0.2) is 0 Å². The van der Waals surface area contributed by atoms with Crippen LogP contribution in [0.1, 0.15) is 75.5 Å². The van der Waals surface area contributed by atoms with Crippen LogP contribution in [-0.4, -0.2) is 45.7 Å². The van der Waals surface area contributed by atoms with Crippen LogP contribution in [0.4, 0.5) is 0 Å². The first-order valence-electron chi connectivity index (χ1n) is 13.0. The lowest BCUT2D eigenvalue weighted by Gasteiger charge is -2.26. The maximum absolute atomic E-state index is 6.05. The van der Waals surface area contributed by atoms with Gasteiger partial charge in [0.2, 0.25) is 0 Å². The highest BCUT2D eigenvalue weighted by molar-refractivity contribution is 5.93. The van der Waals surface area contributed by atoms with Crippen molar-refractivity contribution in [2.45, 2.75) is 70.8 Å². The van der Waals surface area contributed by atoms with E-state index in [1.54, 1.807) is 0 Å². The third kappa shape index (κ3) is 5.19. The molecule has 3 aromatic rings. The van der Waals surface area contributed by atoms with Crippen molar-refractivity contribution < 1.29 is 4.84 Å². The van der Waals surface area contributed by atoms with E-state index in [2.05, 4.69) is 70.5 Å². The van der Waals surface area contributed by atoms with Crippen molar-refractivity contribution in [1.29, 1.82) is 0 Å². The number of hydrogen-bond donors (Lipinski definition) is 0. The van der Waals surface area contributed by atoms with E-state index in [9.17, 15) is 0 Å². The summed E-state index contributed by atoms with van der Waals surface area (Å²) < 4.78 is 4.21. The van der Waals surface area contributed by atoms with Gasteiger partial charge in [0.15, 0.2) is 0 Å². The van der Waals surface area contributed by atoms with E-state index in [0.717, 1.165) is 51.9 Å². The molecule has 1 aliphatic carbocycles. The van der Waals surface area contributed by atoms with Crippen molar-refractivity contribution in [2.24, 2.45) is 0 Å². The molecule has 33 heavy (non-hydrogen) atoms. The zero-order valence-electron chi connectivity index (χ0n) is 20.1. The molecule has 2 aromatic heterocycles. The van der Waals surface area contributed by atoms with E-state index < -0.39 is 0 Å². The molecular formula is C28H38N4O. The monoisotopic (exact) mass is 446 g/mol. The van der Waals surface area contributed by atoms with Crippen LogP contribution in [0.25, 0.3) is 16.5 Å². The average molecular weight is 447 g/mol. The predicted molar refractivity (Wildman–Crippen MR) is 135 cm³/mol. The van der Waals surface area contributed by atoms with Gasteiger partial charge in [0, 0.05) is 30.2 Å². The second kappa shape index (κ2) is 10.6. The van der Waals surface area contributed by atoms with E-state index in [1.807, 2.05) is 4.73 Å². The predicted octanol–water partition coefficient (Wildman–Crippen LogP) is 5.90. The van der Waals surface area contributed by atoms with Crippen LogP contribution >= 0.6 is 0 Å². The summed E-state index contributed by atoms with van der Waals surface area (Å²) in [6.07, 6.45) is 20.0. The van der Waals surface area contributed by atoms with Gasteiger partial charge in [-0.3, -0.25) is 9.58 Å². The van der Waals surface area contributed by atoms with Crippen molar-refractivity contribution in [3.05, 3.63) is 60.1 Å². The molecule has 0 radical (unpaired) electrons. The Morgan fingerprint density at radius 1 is 1.09 bits per heavy atom. The number of fused-ring (bicyclic) bond motifs is 1. The maximum Gasteiger partial charge on any atom is 0.115 e. The van der Waals surface area contributed by atoms with Gasteiger partial charge in [0.25, 0.3) is 0 Å².